The maximum atomic E-state index is 12.5. The van der Waals surface area contributed by atoms with Crippen molar-refractivity contribution in [3.05, 3.63) is 23.3 Å². The molecule has 0 saturated carbocycles. The summed E-state index contributed by atoms with van der Waals surface area (Å²) in [4.78, 5) is 2.76. The molecular formula is C17H28N2O3S. The van der Waals surface area contributed by atoms with Crippen molar-refractivity contribution in [2.45, 2.75) is 44.4 Å². The zero-order valence-corrected chi connectivity index (χ0v) is 15.2. The van der Waals surface area contributed by atoms with E-state index in [2.05, 4.69) is 9.62 Å². The van der Waals surface area contributed by atoms with Crippen molar-refractivity contribution in [3.63, 3.8) is 0 Å². The van der Waals surface area contributed by atoms with Gasteiger partial charge < -0.3 is 9.64 Å². The smallest absolute Gasteiger partial charge is 0.240 e. The third kappa shape index (κ3) is 4.68. The number of ether oxygens (including phenoxy) is 1. The largest absolute Gasteiger partial charge is 0.496 e. The molecule has 23 heavy (non-hydrogen) atoms. The van der Waals surface area contributed by atoms with Crippen LogP contribution in [0.4, 0.5) is 0 Å². The molecule has 0 bridgehead atoms. The standard InChI is InChI=1S/C17H28N2O3S/c1-14-15(2)17(9-8-16(14)22-3)23(20,21)18-10-7-13-19-11-5-4-6-12-19/h8-9,18H,4-7,10-13H2,1-3H3. The number of likely N-dealkylation sites (tertiary alicyclic amines) is 1. The van der Waals surface area contributed by atoms with Crippen LogP contribution >= 0.6 is 0 Å². The summed E-state index contributed by atoms with van der Waals surface area (Å²) >= 11 is 0. The van der Waals surface area contributed by atoms with Gasteiger partial charge in [-0.2, -0.15) is 0 Å². The molecule has 1 fully saturated rings. The Bertz CT molecular complexity index is 623. The van der Waals surface area contributed by atoms with Crippen molar-refractivity contribution in [3.8, 4) is 5.75 Å². The lowest BCUT2D eigenvalue weighted by molar-refractivity contribution is 0.227. The SMILES string of the molecule is COc1ccc(S(=O)(=O)NCCCN2CCCCC2)c(C)c1C. The fourth-order valence-electron chi connectivity index (χ4n) is 3.05. The lowest BCUT2D eigenvalue weighted by Crippen LogP contribution is -2.33. The second-order valence-electron chi connectivity index (χ2n) is 6.17. The summed E-state index contributed by atoms with van der Waals surface area (Å²) in [6.45, 7) is 7.42. The van der Waals surface area contributed by atoms with Crippen LogP contribution < -0.4 is 9.46 Å². The maximum Gasteiger partial charge on any atom is 0.240 e. The van der Waals surface area contributed by atoms with Crippen molar-refractivity contribution < 1.29 is 13.2 Å². The summed E-state index contributed by atoms with van der Waals surface area (Å²) < 4.78 is 32.9. The third-order valence-corrected chi connectivity index (χ3v) is 6.19. The highest BCUT2D eigenvalue weighted by Crippen LogP contribution is 2.26. The summed E-state index contributed by atoms with van der Waals surface area (Å²) in [6, 6.07) is 3.33. The molecule has 130 valence electrons. The average Bonchev–Trinajstić information content (AvgIpc) is 2.55. The summed E-state index contributed by atoms with van der Waals surface area (Å²) in [6.07, 6.45) is 4.68. The highest BCUT2D eigenvalue weighted by atomic mass is 32.2. The Morgan fingerprint density at radius 2 is 1.83 bits per heavy atom. The van der Waals surface area contributed by atoms with E-state index in [9.17, 15) is 8.42 Å². The Morgan fingerprint density at radius 3 is 2.48 bits per heavy atom. The molecule has 0 unspecified atom stereocenters. The first-order valence-corrected chi connectivity index (χ1v) is 9.80. The highest BCUT2D eigenvalue weighted by molar-refractivity contribution is 7.89. The van der Waals surface area contributed by atoms with Gasteiger partial charge in [-0.05, 0) is 76.0 Å². The first kappa shape index (κ1) is 18.2. The Hall–Kier alpha value is -1.11. The van der Waals surface area contributed by atoms with E-state index in [0.29, 0.717) is 17.2 Å². The first-order chi connectivity index (χ1) is 11.0. The Labute approximate surface area is 140 Å². The van der Waals surface area contributed by atoms with E-state index >= 15 is 0 Å². The topological polar surface area (TPSA) is 58.6 Å². The molecule has 0 spiro atoms. The van der Waals surface area contributed by atoms with Crippen molar-refractivity contribution in [1.82, 2.24) is 9.62 Å². The van der Waals surface area contributed by atoms with E-state index in [1.165, 1.54) is 19.3 Å². The average molecular weight is 340 g/mol. The lowest BCUT2D eigenvalue weighted by Gasteiger charge is -2.26. The van der Waals surface area contributed by atoms with Crippen LogP contribution in [0.3, 0.4) is 0 Å². The van der Waals surface area contributed by atoms with Gasteiger partial charge in [-0.3, -0.25) is 0 Å². The van der Waals surface area contributed by atoms with Gasteiger partial charge in [-0.25, -0.2) is 13.1 Å². The predicted molar refractivity (Wildman–Crippen MR) is 92.6 cm³/mol. The van der Waals surface area contributed by atoms with Gasteiger partial charge in [0.2, 0.25) is 10.0 Å². The van der Waals surface area contributed by atoms with Gasteiger partial charge in [0.05, 0.1) is 12.0 Å². The zero-order valence-electron chi connectivity index (χ0n) is 14.4. The molecule has 0 radical (unpaired) electrons. The Balaban J connectivity index is 1.92. The van der Waals surface area contributed by atoms with Gasteiger partial charge >= 0.3 is 0 Å². The van der Waals surface area contributed by atoms with Crippen LogP contribution in [-0.4, -0.2) is 46.6 Å². The van der Waals surface area contributed by atoms with E-state index in [1.54, 1.807) is 19.2 Å². The van der Waals surface area contributed by atoms with Gasteiger partial charge in [0, 0.05) is 6.54 Å². The van der Waals surface area contributed by atoms with Crippen molar-refractivity contribution >= 4 is 10.0 Å². The number of nitrogens with one attached hydrogen (secondary N) is 1. The summed E-state index contributed by atoms with van der Waals surface area (Å²) in [5, 5.41) is 0. The Kier molecular flexibility index (Phi) is 6.44. The van der Waals surface area contributed by atoms with Crippen molar-refractivity contribution in [2.75, 3.05) is 33.3 Å². The van der Waals surface area contributed by atoms with E-state index in [0.717, 1.165) is 37.2 Å². The fourth-order valence-corrected chi connectivity index (χ4v) is 4.43. The van der Waals surface area contributed by atoms with Crippen LogP contribution in [0.1, 0.15) is 36.8 Å². The molecule has 5 nitrogen and oxygen atoms in total. The van der Waals surface area contributed by atoms with Gasteiger partial charge in [-0.1, -0.05) is 6.42 Å². The van der Waals surface area contributed by atoms with E-state index in [4.69, 9.17) is 4.74 Å². The number of benzene rings is 1. The monoisotopic (exact) mass is 340 g/mol. The number of methoxy groups -OCH3 is 1. The second-order valence-corrected chi connectivity index (χ2v) is 7.90. The molecule has 1 aliphatic heterocycles. The van der Waals surface area contributed by atoms with Crippen LogP contribution in [0, 0.1) is 13.8 Å². The zero-order chi connectivity index (χ0) is 16.9. The van der Waals surface area contributed by atoms with E-state index < -0.39 is 10.0 Å². The molecule has 1 aromatic carbocycles. The molecule has 6 heteroatoms. The molecule has 1 aromatic rings. The number of nitrogens with zero attached hydrogens (tertiary/aromatic N) is 1. The number of piperidine rings is 1. The lowest BCUT2D eigenvalue weighted by atomic mass is 10.1. The second kappa shape index (κ2) is 8.13. The predicted octanol–water partition coefficient (Wildman–Crippen LogP) is 2.47. The van der Waals surface area contributed by atoms with E-state index in [-0.39, 0.29) is 0 Å². The Morgan fingerprint density at radius 1 is 1.13 bits per heavy atom. The summed E-state index contributed by atoms with van der Waals surface area (Å²) in [5.41, 5.74) is 1.61. The number of hydrogen-bond acceptors (Lipinski definition) is 4. The van der Waals surface area contributed by atoms with Crippen molar-refractivity contribution in [1.29, 1.82) is 0 Å². The highest BCUT2D eigenvalue weighted by Gasteiger charge is 2.19. The molecule has 0 aliphatic carbocycles. The van der Waals surface area contributed by atoms with Gasteiger partial charge in [0.1, 0.15) is 5.75 Å². The van der Waals surface area contributed by atoms with Crippen LogP contribution in [0.15, 0.2) is 17.0 Å². The van der Waals surface area contributed by atoms with Gasteiger partial charge in [0.15, 0.2) is 0 Å². The van der Waals surface area contributed by atoms with Crippen LogP contribution in [0.25, 0.3) is 0 Å². The minimum absolute atomic E-state index is 0.341. The summed E-state index contributed by atoms with van der Waals surface area (Å²) in [7, 11) is -1.87. The normalized spacial score (nSPS) is 16.5. The quantitative estimate of drug-likeness (QED) is 0.775. The molecule has 1 saturated heterocycles. The minimum Gasteiger partial charge on any atom is -0.496 e. The third-order valence-electron chi connectivity index (χ3n) is 4.59. The fraction of sp³-hybridized carbons (Fsp3) is 0.647. The van der Waals surface area contributed by atoms with Gasteiger partial charge in [-0.15, -0.1) is 0 Å². The molecule has 1 aliphatic rings. The molecule has 2 rings (SSSR count). The first-order valence-electron chi connectivity index (χ1n) is 8.32. The van der Waals surface area contributed by atoms with Gasteiger partial charge in [0.25, 0.3) is 0 Å². The summed E-state index contributed by atoms with van der Waals surface area (Å²) in [5.74, 6) is 0.714. The number of rotatable bonds is 7. The van der Waals surface area contributed by atoms with Crippen LogP contribution in [-0.2, 0) is 10.0 Å². The molecule has 0 amide bonds. The van der Waals surface area contributed by atoms with Crippen molar-refractivity contribution in [2.24, 2.45) is 0 Å². The van der Waals surface area contributed by atoms with E-state index in [1.807, 2.05) is 13.8 Å². The molecule has 1 N–H and O–H groups in total. The molecule has 1 heterocycles. The molecule has 0 atom stereocenters. The number of hydrogen-bond donors (Lipinski definition) is 1. The maximum absolute atomic E-state index is 12.5. The minimum atomic E-state index is -3.47. The number of sulfonamides is 1. The van der Waals surface area contributed by atoms with Crippen LogP contribution in [0.5, 0.6) is 5.75 Å². The van der Waals surface area contributed by atoms with Crippen LogP contribution in [0.2, 0.25) is 0 Å². The molecular weight excluding hydrogens is 312 g/mol. The molecule has 0 aromatic heterocycles.